The maximum atomic E-state index is 10.6. The van der Waals surface area contributed by atoms with E-state index < -0.39 is 4.92 Å². The fourth-order valence-electron chi connectivity index (χ4n) is 2.02. The van der Waals surface area contributed by atoms with Crippen molar-refractivity contribution in [2.24, 2.45) is 0 Å². The van der Waals surface area contributed by atoms with Gasteiger partial charge in [0.05, 0.1) is 12.0 Å². The number of methoxy groups -OCH3 is 1. The molecule has 0 radical (unpaired) electrons. The maximum Gasteiger partial charge on any atom is 0.269 e. The number of ether oxygens (including phenoxy) is 1. The zero-order valence-corrected chi connectivity index (χ0v) is 12.1. The zero-order chi connectivity index (χ0) is 15.2. The SMILES string of the molecule is COc1ccc([C@H](C)NCc2ccc([N+](=O)[O-])cc2)cc1. The van der Waals surface area contributed by atoms with Crippen molar-refractivity contribution in [2.75, 3.05) is 7.11 Å². The van der Waals surface area contributed by atoms with E-state index in [-0.39, 0.29) is 11.7 Å². The van der Waals surface area contributed by atoms with Crippen LogP contribution in [0.2, 0.25) is 0 Å². The minimum Gasteiger partial charge on any atom is -0.497 e. The summed E-state index contributed by atoms with van der Waals surface area (Å²) in [5.74, 6) is 0.835. The van der Waals surface area contributed by atoms with E-state index in [9.17, 15) is 10.1 Å². The van der Waals surface area contributed by atoms with Crippen LogP contribution in [0.25, 0.3) is 0 Å². The standard InChI is InChI=1S/C16H18N2O3/c1-12(14-5-9-16(21-2)10-6-14)17-11-13-3-7-15(8-4-13)18(19)20/h3-10,12,17H,11H2,1-2H3/t12-/m0/s1. The summed E-state index contributed by atoms with van der Waals surface area (Å²) in [6, 6.07) is 14.7. The number of nitro benzene ring substituents is 1. The van der Waals surface area contributed by atoms with E-state index in [1.807, 2.05) is 24.3 Å². The van der Waals surface area contributed by atoms with E-state index in [1.165, 1.54) is 12.1 Å². The Morgan fingerprint density at radius 3 is 2.29 bits per heavy atom. The molecule has 2 rings (SSSR count). The van der Waals surface area contributed by atoms with Crippen LogP contribution in [0, 0.1) is 10.1 Å². The highest BCUT2D eigenvalue weighted by Gasteiger charge is 2.07. The van der Waals surface area contributed by atoms with Crippen molar-refractivity contribution >= 4 is 5.69 Å². The van der Waals surface area contributed by atoms with Gasteiger partial charge in [-0.05, 0) is 30.2 Å². The van der Waals surface area contributed by atoms with Crippen LogP contribution in [0.15, 0.2) is 48.5 Å². The largest absolute Gasteiger partial charge is 0.497 e. The number of nitro groups is 1. The highest BCUT2D eigenvalue weighted by Crippen LogP contribution is 2.18. The lowest BCUT2D eigenvalue weighted by molar-refractivity contribution is -0.384. The third-order valence-electron chi connectivity index (χ3n) is 3.38. The lowest BCUT2D eigenvalue weighted by Crippen LogP contribution is -2.17. The van der Waals surface area contributed by atoms with Gasteiger partial charge in [-0.2, -0.15) is 0 Å². The second-order valence-corrected chi connectivity index (χ2v) is 4.80. The van der Waals surface area contributed by atoms with Crippen LogP contribution < -0.4 is 10.1 Å². The summed E-state index contributed by atoms with van der Waals surface area (Å²) in [5, 5.41) is 14.0. The molecule has 0 bridgehead atoms. The topological polar surface area (TPSA) is 64.4 Å². The summed E-state index contributed by atoms with van der Waals surface area (Å²) in [6.45, 7) is 2.73. The van der Waals surface area contributed by atoms with Crippen molar-refractivity contribution in [3.8, 4) is 5.75 Å². The predicted octanol–water partition coefficient (Wildman–Crippen LogP) is 3.45. The van der Waals surface area contributed by atoms with Crippen molar-refractivity contribution in [3.05, 3.63) is 69.8 Å². The number of rotatable bonds is 6. The molecule has 0 aliphatic rings. The first kappa shape index (κ1) is 15.0. The van der Waals surface area contributed by atoms with Gasteiger partial charge in [-0.25, -0.2) is 0 Å². The van der Waals surface area contributed by atoms with Crippen LogP contribution in [0.1, 0.15) is 24.1 Å². The molecule has 1 N–H and O–H groups in total. The summed E-state index contributed by atoms with van der Waals surface area (Å²) in [5.41, 5.74) is 2.29. The molecule has 0 unspecified atom stereocenters. The molecule has 21 heavy (non-hydrogen) atoms. The fraction of sp³-hybridized carbons (Fsp3) is 0.250. The van der Waals surface area contributed by atoms with Gasteiger partial charge in [0, 0.05) is 24.7 Å². The van der Waals surface area contributed by atoms with Gasteiger partial charge >= 0.3 is 0 Å². The molecule has 110 valence electrons. The number of benzene rings is 2. The Hall–Kier alpha value is -2.40. The van der Waals surface area contributed by atoms with E-state index in [1.54, 1.807) is 19.2 Å². The van der Waals surface area contributed by atoms with Gasteiger partial charge in [0.1, 0.15) is 5.75 Å². The molecule has 0 saturated heterocycles. The Morgan fingerprint density at radius 2 is 1.76 bits per heavy atom. The van der Waals surface area contributed by atoms with E-state index in [2.05, 4.69) is 12.2 Å². The van der Waals surface area contributed by atoms with Crippen molar-refractivity contribution in [1.82, 2.24) is 5.32 Å². The molecule has 0 aliphatic carbocycles. The molecule has 0 amide bonds. The zero-order valence-electron chi connectivity index (χ0n) is 12.1. The molecule has 5 heteroatoms. The van der Waals surface area contributed by atoms with Crippen LogP contribution in [0.3, 0.4) is 0 Å². The first-order chi connectivity index (χ1) is 10.1. The van der Waals surface area contributed by atoms with E-state index in [0.29, 0.717) is 6.54 Å². The average Bonchev–Trinajstić information content (AvgIpc) is 2.53. The number of hydrogen-bond donors (Lipinski definition) is 1. The molecular weight excluding hydrogens is 268 g/mol. The quantitative estimate of drug-likeness (QED) is 0.652. The van der Waals surface area contributed by atoms with Crippen LogP contribution in [0.4, 0.5) is 5.69 Å². The van der Waals surface area contributed by atoms with Gasteiger partial charge in [0.25, 0.3) is 5.69 Å². The summed E-state index contributed by atoms with van der Waals surface area (Å²) in [4.78, 5) is 10.2. The van der Waals surface area contributed by atoms with E-state index in [0.717, 1.165) is 16.9 Å². The lowest BCUT2D eigenvalue weighted by Gasteiger charge is -2.14. The first-order valence-electron chi connectivity index (χ1n) is 6.71. The summed E-state index contributed by atoms with van der Waals surface area (Å²) < 4.78 is 5.13. The van der Waals surface area contributed by atoms with Crippen molar-refractivity contribution in [2.45, 2.75) is 19.5 Å². The van der Waals surface area contributed by atoms with Crippen LogP contribution >= 0.6 is 0 Å². The Balaban J connectivity index is 1.93. The van der Waals surface area contributed by atoms with Gasteiger partial charge in [-0.3, -0.25) is 10.1 Å². The minimum absolute atomic E-state index is 0.113. The third-order valence-corrected chi connectivity index (χ3v) is 3.38. The second-order valence-electron chi connectivity index (χ2n) is 4.80. The van der Waals surface area contributed by atoms with Gasteiger partial charge in [-0.15, -0.1) is 0 Å². The number of hydrogen-bond acceptors (Lipinski definition) is 4. The fourth-order valence-corrected chi connectivity index (χ4v) is 2.02. The lowest BCUT2D eigenvalue weighted by atomic mass is 10.1. The Bertz CT molecular complexity index is 594. The van der Waals surface area contributed by atoms with E-state index in [4.69, 9.17) is 4.74 Å². The molecule has 0 aliphatic heterocycles. The third kappa shape index (κ3) is 4.03. The van der Waals surface area contributed by atoms with Crippen molar-refractivity contribution in [3.63, 3.8) is 0 Å². The van der Waals surface area contributed by atoms with Gasteiger partial charge in [0.15, 0.2) is 0 Å². The molecule has 1 atom stereocenters. The molecule has 0 fully saturated rings. The average molecular weight is 286 g/mol. The van der Waals surface area contributed by atoms with Crippen LogP contribution in [-0.2, 0) is 6.54 Å². The molecule has 0 saturated carbocycles. The molecule has 0 spiro atoms. The molecule has 0 aromatic heterocycles. The summed E-state index contributed by atoms with van der Waals surface area (Å²) in [6.07, 6.45) is 0. The number of nitrogens with zero attached hydrogens (tertiary/aromatic N) is 1. The highest BCUT2D eigenvalue weighted by molar-refractivity contribution is 5.33. The van der Waals surface area contributed by atoms with Crippen molar-refractivity contribution < 1.29 is 9.66 Å². The molecule has 2 aromatic carbocycles. The molecule has 0 heterocycles. The Labute approximate surface area is 123 Å². The Kier molecular flexibility index (Phi) is 4.90. The monoisotopic (exact) mass is 286 g/mol. The van der Waals surface area contributed by atoms with Gasteiger partial charge in [0.2, 0.25) is 0 Å². The second kappa shape index (κ2) is 6.85. The molecule has 5 nitrogen and oxygen atoms in total. The smallest absolute Gasteiger partial charge is 0.269 e. The molecule has 2 aromatic rings. The van der Waals surface area contributed by atoms with Crippen LogP contribution in [-0.4, -0.2) is 12.0 Å². The normalized spacial score (nSPS) is 11.9. The molecular formula is C16H18N2O3. The highest BCUT2D eigenvalue weighted by atomic mass is 16.6. The van der Waals surface area contributed by atoms with E-state index >= 15 is 0 Å². The summed E-state index contributed by atoms with van der Waals surface area (Å²) in [7, 11) is 1.64. The van der Waals surface area contributed by atoms with Gasteiger partial charge in [-0.1, -0.05) is 24.3 Å². The first-order valence-corrected chi connectivity index (χ1v) is 6.71. The predicted molar refractivity (Wildman–Crippen MR) is 81.3 cm³/mol. The van der Waals surface area contributed by atoms with Crippen molar-refractivity contribution in [1.29, 1.82) is 0 Å². The number of non-ortho nitro benzene ring substituents is 1. The number of nitrogens with one attached hydrogen (secondary N) is 1. The summed E-state index contributed by atoms with van der Waals surface area (Å²) >= 11 is 0. The van der Waals surface area contributed by atoms with Gasteiger partial charge < -0.3 is 10.1 Å². The maximum absolute atomic E-state index is 10.6. The minimum atomic E-state index is -0.392. The van der Waals surface area contributed by atoms with Crippen LogP contribution in [0.5, 0.6) is 5.75 Å². The Morgan fingerprint density at radius 1 is 1.14 bits per heavy atom.